The molecule has 1 amide bonds. The molecule has 19 heteroatoms. The van der Waals surface area contributed by atoms with Gasteiger partial charge in [-0.2, -0.15) is 0 Å². The average Bonchev–Trinajstić information content (AvgIpc) is 3.45. The third kappa shape index (κ3) is 27.6. The van der Waals surface area contributed by atoms with Crippen LogP contribution in [0.25, 0.3) is 0 Å². The number of aliphatic hydroxyl groups excluding tert-OH is 11. The fourth-order valence-electron chi connectivity index (χ4n) is 10.2. The summed E-state index contributed by atoms with van der Waals surface area (Å²) in [6, 6.07) is -0.995. The lowest BCUT2D eigenvalue weighted by Gasteiger charge is -2.48. The number of carbonyl (C=O) groups excluding carboxylic acids is 1. The van der Waals surface area contributed by atoms with Crippen LogP contribution in [0.2, 0.25) is 0 Å². The summed E-state index contributed by atoms with van der Waals surface area (Å²) in [5.41, 5.74) is 0. The first-order valence-electron chi connectivity index (χ1n) is 30.9. The zero-order valence-corrected chi connectivity index (χ0v) is 48.5. The molecule has 3 aliphatic rings. The largest absolute Gasteiger partial charge is 0.394 e. The number of unbranched alkanes of at least 4 members (excludes halogenated alkanes) is 23. The number of hydrogen-bond acceptors (Lipinski definition) is 18. The van der Waals surface area contributed by atoms with Crippen LogP contribution in [-0.2, 0) is 33.2 Å². The van der Waals surface area contributed by atoms with Gasteiger partial charge < -0.3 is 89.9 Å². The highest BCUT2D eigenvalue weighted by molar-refractivity contribution is 5.76. The summed E-state index contributed by atoms with van der Waals surface area (Å²) in [7, 11) is 0. The fourth-order valence-corrected chi connectivity index (χ4v) is 10.2. The molecule has 0 aliphatic carbocycles. The molecule has 0 spiro atoms. The normalized spacial score (nSPS) is 30.3. The fraction of sp³-hybridized carbons (Fsp3) is 0.852. The maximum atomic E-state index is 13.3. The molecular weight excluding hydrogens is 1030 g/mol. The Morgan fingerprint density at radius 1 is 0.438 bits per heavy atom. The molecule has 0 saturated carbocycles. The molecule has 17 atom stereocenters. The van der Waals surface area contributed by atoms with Crippen molar-refractivity contribution in [3.05, 3.63) is 48.6 Å². The summed E-state index contributed by atoms with van der Waals surface area (Å²) in [6.45, 7) is 1.63. The van der Waals surface area contributed by atoms with Gasteiger partial charge in [-0.05, 0) is 64.2 Å². The van der Waals surface area contributed by atoms with Gasteiger partial charge in [-0.3, -0.25) is 4.79 Å². The monoisotopic (exact) mass is 1140 g/mol. The van der Waals surface area contributed by atoms with Gasteiger partial charge in [0.25, 0.3) is 0 Å². The molecule has 17 unspecified atom stereocenters. The maximum absolute atomic E-state index is 13.3. The topological polar surface area (TPSA) is 307 Å². The number of ether oxygens (including phenoxy) is 6. The number of rotatable bonds is 45. The Bertz CT molecular complexity index is 1650. The van der Waals surface area contributed by atoms with Crippen molar-refractivity contribution < 1.29 is 89.4 Å². The molecule has 3 aliphatic heterocycles. The third-order valence-corrected chi connectivity index (χ3v) is 15.3. The minimum atomic E-state index is -1.98. The van der Waals surface area contributed by atoms with E-state index in [1.807, 2.05) is 6.08 Å². The van der Waals surface area contributed by atoms with Gasteiger partial charge in [0.05, 0.1) is 38.6 Å². The van der Waals surface area contributed by atoms with E-state index in [0.717, 1.165) is 44.9 Å². The number of amides is 1. The molecule has 3 fully saturated rings. The molecule has 0 bridgehead atoms. The van der Waals surface area contributed by atoms with Crippen molar-refractivity contribution in [3.8, 4) is 0 Å². The average molecular weight is 1140 g/mol. The van der Waals surface area contributed by atoms with Crippen LogP contribution in [0.4, 0.5) is 0 Å². The van der Waals surface area contributed by atoms with Gasteiger partial charge in [-0.1, -0.05) is 178 Å². The Morgan fingerprint density at radius 2 is 0.812 bits per heavy atom. The molecule has 0 aromatic heterocycles. The number of allylic oxidation sites excluding steroid dienone is 7. The van der Waals surface area contributed by atoms with Gasteiger partial charge in [0.1, 0.15) is 73.2 Å². The SMILES string of the molecule is CCCC/C=C/CC/C=C/CC/C=C/C(O)C(COC1OC(CO)C(OC2OC(CO)C(OC3OC(CO)C(O)C(O)C3O)C(O)C2O)C(O)C1O)NC(=O)CCCCCCCCCCCCC/C=C\CCCCCCCCCC. The Balaban J connectivity index is 1.46. The first-order valence-corrected chi connectivity index (χ1v) is 30.9. The van der Waals surface area contributed by atoms with Crippen LogP contribution in [0.1, 0.15) is 200 Å². The predicted octanol–water partition coefficient (Wildman–Crippen LogP) is 5.87. The zero-order valence-electron chi connectivity index (χ0n) is 48.5. The van der Waals surface area contributed by atoms with E-state index in [1.165, 1.54) is 122 Å². The lowest BCUT2D eigenvalue weighted by molar-refractivity contribution is -0.379. The lowest BCUT2D eigenvalue weighted by Crippen LogP contribution is -2.66. The highest BCUT2D eigenvalue weighted by atomic mass is 16.8. The minimum Gasteiger partial charge on any atom is -0.394 e. The van der Waals surface area contributed by atoms with Crippen molar-refractivity contribution in [3.63, 3.8) is 0 Å². The molecule has 0 radical (unpaired) electrons. The van der Waals surface area contributed by atoms with Crippen LogP contribution >= 0.6 is 0 Å². The summed E-state index contributed by atoms with van der Waals surface area (Å²) >= 11 is 0. The smallest absolute Gasteiger partial charge is 0.220 e. The first-order chi connectivity index (χ1) is 38.8. The number of aliphatic hydroxyl groups is 11. The van der Waals surface area contributed by atoms with Gasteiger partial charge in [0.2, 0.25) is 5.91 Å². The van der Waals surface area contributed by atoms with Gasteiger partial charge in [-0.25, -0.2) is 0 Å². The van der Waals surface area contributed by atoms with Gasteiger partial charge in [0, 0.05) is 6.42 Å². The summed E-state index contributed by atoms with van der Waals surface area (Å²) in [6.07, 6.45) is 22.5. The summed E-state index contributed by atoms with van der Waals surface area (Å²) in [4.78, 5) is 13.3. The molecule has 0 aromatic carbocycles. The van der Waals surface area contributed by atoms with Crippen LogP contribution in [0, 0.1) is 0 Å². The molecule has 3 heterocycles. The van der Waals surface area contributed by atoms with E-state index in [4.69, 9.17) is 28.4 Å². The Hall–Kier alpha value is -2.25. The van der Waals surface area contributed by atoms with Crippen molar-refractivity contribution in [2.24, 2.45) is 0 Å². The van der Waals surface area contributed by atoms with E-state index in [1.54, 1.807) is 6.08 Å². The summed E-state index contributed by atoms with van der Waals surface area (Å²) in [5.74, 6) is -0.293. The number of carbonyl (C=O) groups is 1. The van der Waals surface area contributed by atoms with Gasteiger partial charge >= 0.3 is 0 Å². The van der Waals surface area contributed by atoms with Crippen LogP contribution in [0.5, 0.6) is 0 Å². The zero-order chi connectivity index (χ0) is 58.3. The third-order valence-electron chi connectivity index (χ3n) is 15.3. The highest BCUT2D eigenvalue weighted by Crippen LogP contribution is 2.33. The molecule has 0 aromatic rings. The van der Waals surface area contributed by atoms with Crippen molar-refractivity contribution in [1.29, 1.82) is 0 Å². The minimum absolute atomic E-state index is 0.230. The molecular formula is C61H109NO18. The van der Waals surface area contributed by atoms with Crippen molar-refractivity contribution in [2.45, 2.75) is 304 Å². The molecule has 12 N–H and O–H groups in total. The predicted molar refractivity (Wildman–Crippen MR) is 305 cm³/mol. The van der Waals surface area contributed by atoms with E-state index >= 15 is 0 Å². The van der Waals surface area contributed by atoms with Crippen LogP contribution < -0.4 is 5.32 Å². The van der Waals surface area contributed by atoms with E-state index in [-0.39, 0.29) is 18.9 Å². The van der Waals surface area contributed by atoms with E-state index in [0.29, 0.717) is 12.8 Å². The Kier molecular flexibility index (Phi) is 39.8. The second kappa shape index (κ2) is 44.3. The quantitative estimate of drug-likeness (QED) is 0.0250. The van der Waals surface area contributed by atoms with E-state index < -0.39 is 124 Å². The number of hydrogen-bond donors (Lipinski definition) is 12. The van der Waals surface area contributed by atoms with Crippen molar-refractivity contribution in [2.75, 3.05) is 26.4 Å². The van der Waals surface area contributed by atoms with E-state index in [9.17, 15) is 61.0 Å². The summed E-state index contributed by atoms with van der Waals surface area (Å²) < 4.78 is 34.2. The lowest BCUT2D eigenvalue weighted by atomic mass is 9.96. The molecule has 466 valence electrons. The molecule has 80 heavy (non-hydrogen) atoms. The van der Waals surface area contributed by atoms with Crippen molar-refractivity contribution in [1.82, 2.24) is 5.32 Å². The van der Waals surface area contributed by atoms with Crippen LogP contribution in [-0.4, -0.2) is 193 Å². The Morgan fingerprint density at radius 3 is 1.29 bits per heavy atom. The van der Waals surface area contributed by atoms with Crippen LogP contribution in [0.15, 0.2) is 48.6 Å². The molecule has 3 rings (SSSR count). The molecule has 3 saturated heterocycles. The van der Waals surface area contributed by atoms with E-state index in [2.05, 4.69) is 55.6 Å². The first kappa shape index (κ1) is 72.0. The van der Waals surface area contributed by atoms with Crippen LogP contribution in [0.3, 0.4) is 0 Å². The second-order valence-corrected chi connectivity index (χ2v) is 22.1. The Labute approximate surface area is 478 Å². The van der Waals surface area contributed by atoms with Gasteiger partial charge in [0.15, 0.2) is 18.9 Å². The maximum Gasteiger partial charge on any atom is 0.220 e. The molecule has 19 nitrogen and oxygen atoms in total. The summed E-state index contributed by atoms with van der Waals surface area (Å²) in [5, 5.41) is 120. The second-order valence-electron chi connectivity index (χ2n) is 22.1. The number of nitrogens with one attached hydrogen (secondary N) is 1. The standard InChI is InChI=1S/C61H109NO18/c1-3-5-7-9-11-13-15-17-18-19-20-21-22-23-24-25-26-27-29-31-33-35-37-39-49(67)62-44(45(66)38-36-34-32-30-28-16-14-12-10-8-6-4-2)43-75-59-55(73)52(70)57(47(41-64)77-59)80-61-56(74)53(71)58(48(42-65)78-61)79-60-54(72)51(69)50(68)46(40-63)76-60/h10,12,19-20,28,30,36,38,44-48,50-61,63-66,68-74H,3-9,11,13-18,21-27,29,31-35,37,39-43H2,1-2H3,(H,62,67)/b12-10+,20-19-,30-28+,38-36+. The van der Waals surface area contributed by atoms with Crippen molar-refractivity contribution >= 4 is 5.91 Å². The highest BCUT2D eigenvalue weighted by Gasteiger charge is 2.53. The van der Waals surface area contributed by atoms with Gasteiger partial charge in [-0.15, -0.1) is 0 Å².